The van der Waals surface area contributed by atoms with Crippen molar-refractivity contribution in [2.24, 2.45) is 0 Å². The average Bonchev–Trinajstić information content (AvgIpc) is 2.30. The molecule has 1 aromatic rings. The summed E-state index contributed by atoms with van der Waals surface area (Å²) < 4.78 is 11.2. The Morgan fingerprint density at radius 1 is 1.35 bits per heavy atom. The lowest BCUT2D eigenvalue weighted by molar-refractivity contribution is -0.136. The summed E-state index contributed by atoms with van der Waals surface area (Å²) >= 11 is 3.37. The summed E-state index contributed by atoms with van der Waals surface area (Å²) in [4.78, 5) is 10.9. The highest BCUT2D eigenvalue weighted by atomic mass is 79.9. The second kappa shape index (κ2) is 5.91. The fourth-order valence-electron chi connectivity index (χ4n) is 1.79. The summed E-state index contributed by atoms with van der Waals surface area (Å²) in [5, 5.41) is 8.91. The highest BCUT2D eigenvalue weighted by Crippen LogP contribution is 2.38. The predicted octanol–water partition coefficient (Wildman–Crippen LogP) is 2.66. The van der Waals surface area contributed by atoms with Crippen LogP contribution in [-0.2, 0) is 17.6 Å². The minimum Gasteiger partial charge on any atom is -0.493 e. The Morgan fingerprint density at radius 2 is 2.00 bits per heavy atom. The Bertz CT molecular complexity index is 429. The summed E-state index contributed by atoms with van der Waals surface area (Å²) in [6.07, 6.45) is 0.645. The number of carbonyl (C=O) groups is 1. The van der Waals surface area contributed by atoms with Crippen molar-refractivity contribution in [2.75, 3.05) is 14.2 Å². The molecule has 94 valence electrons. The molecule has 4 nitrogen and oxygen atoms in total. The molecule has 0 heterocycles. The maximum atomic E-state index is 10.9. The number of hydrogen-bond donors (Lipinski definition) is 1. The van der Waals surface area contributed by atoms with Gasteiger partial charge in [-0.15, -0.1) is 0 Å². The second-order valence-corrected chi connectivity index (χ2v) is 4.33. The first-order chi connectivity index (χ1) is 8.04. The molecule has 0 bridgehead atoms. The number of rotatable bonds is 5. The van der Waals surface area contributed by atoms with E-state index in [1.165, 1.54) is 0 Å². The third-order valence-corrected chi connectivity index (χ3v) is 3.22. The number of benzene rings is 1. The zero-order valence-corrected chi connectivity index (χ0v) is 11.6. The standard InChI is InChI=1S/C12H15BrO4/c1-4-7-8(5-11(14)15)9(13)6-10(16-2)12(7)17-3/h6H,4-5H2,1-3H3,(H,14,15). The zero-order chi connectivity index (χ0) is 13.0. The normalized spacial score (nSPS) is 10.1. The molecule has 0 aliphatic carbocycles. The van der Waals surface area contributed by atoms with Gasteiger partial charge in [0.25, 0.3) is 0 Å². The number of carboxylic acids is 1. The van der Waals surface area contributed by atoms with E-state index in [0.717, 1.165) is 15.6 Å². The van der Waals surface area contributed by atoms with Gasteiger partial charge >= 0.3 is 5.97 Å². The van der Waals surface area contributed by atoms with Gasteiger partial charge in [0.05, 0.1) is 20.6 Å². The molecule has 0 saturated carbocycles. The van der Waals surface area contributed by atoms with Gasteiger partial charge in [-0.2, -0.15) is 0 Å². The van der Waals surface area contributed by atoms with E-state index in [1.54, 1.807) is 20.3 Å². The number of aliphatic carboxylic acids is 1. The molecule has 1 aromatic carbocycles. The molecule has 0 spiro atoms. The second-order valence-electron chi connectivity index (χ2n) is 3.48. The smallest absolute Gasteiger partial charge is 0.307 e. The quantitative estimate of drug-likeness (QED) is 0.908. The minimum atomic E-state index is -0.868. The zero-order valence-electron chi connectivity index (χ0n) is 10.0. The third kappa shape index (κ3) is 2.91. The van der Waals surface area contributed by atoms with Crippen molar-refractivity contribution in [3.05, 3.63) is 21.7 Å². The topological polar surface area (TPSA) is 55.8 Å². The number of hydrogen-bond acceptors (Lipinski definition) is 3. The van der Waals surface area contributed by atoms with Crippen LogP contribution in [0.2, 0.25) is 0 Å². The van der Waals surface area contributed by atoms with E-state index in [-0.39, 0.29) is 6.42 Å². The summed E-state index contributed by atoms with van der Waals surface area (Å²) in [5.41, 5.74) is 1.60. The van der Waals surface area contributed by atoms with Crippen LogP contribution in [0.1, 0.15) is 18.1 Å². The van der Waals surface area contributed by atoms with Crippen LogP contribution in [0.25, 0.3) is 0 Å². The maximum absolute atomic E-state index is 10.9. The fraction of sp³-hybridized carbons (Fsp3) is 0.417. The lowest BCUT2D eigenvalue weighted by Crippen LogP contribution is -2.07. The number of carboxylic acid groups (broad SMARTS) is 1. The van der Waals surface area contributed by atoms with E-state index < -0.39 is 5.97 Å². The lowest BCUT2D eigenvalue weighted by atomic mass is 10.0. The molecule has 0 aliphatic heterocycles. The van der Waals surface area contributed by atoms with Crippen molar-refractivity contribution < 1.29 is 19.4 Å². The van der Waals surface area contributed by atoms with Gasteiger partial charge in [-0.05, 0) is 18.1 Å². The summed E-state index contributed by atoms with van der Waals surface area (Å²) in [6.45, 7) is 1.95. The molecular formula is C12H15BrO4. The highest BCUT2D eigenvalue weighted by molar-refractivity contribution is 9.10. The van der Waals surface area contributed by atoms with E-state index in [2.05, 4.69) is 15.9 Å². The number of methoxy groups -OCH3 is 2. The third-order valence-electron chi connectivity index (χ3n) is 2.51. The van der Waals surface area contributed by atoms with Crippen LogP contribution >= 0.6 is 15.9 Å². The molecular weight excluding hydrogens is 288 g/mol. The monoisotopic (exact) mass is 302 g/mol. The Balaban J connectivity index is 3.43. The van der Waals surface area contributed by atoms with Gasteiger partial charge in [0.2, 0.25) is 0 Å². The van der Waals surface area contributed by atoms with Gasteiger partial charge in [0, 0.05) is 10.0 Å². The Labute approximate surface area is 109 Å². The van der Waals surface area contributed by atoms with Crippen molar-refractivity contribution in [3.63, 3.8) is 0 Å². The first-order valence-electron chi connectivity index (χ1n) is 5.19. The predicted molar refractivity (Wildman–Crippen MR) is 68.0 cm³/mol. The molecule has 0 atom stereocenters. The summed E-state index contributed by atoms with van der Waals surface area (Å²) in [6, 6.07) is 1.73. The minimum absolute atomic E-state index is 0.0376. The van der Waals surface area contributed by atoms with Gasteiger partial charge in [0.15, 0.2) is 11.5 Å². The first kappa shape index (κ1) is 13.8. The van der Waals surface area contributed by atoms with Crippen molar-refractivity contribution in [1.29, 1.82) is 0 Å². The van der Waals surface area contributed by atoms with Gasteiger partial charge in [-0.1, -0.05) is 22.9 Å². The molecule has 0 amide bonds. The average molecular weight is 303 g/mol. The van der Waals surface area contributed by atoms with Crippen molar-refractivity contribution in [2.45, 2.75) is 19.8 Å². The molecule has 0 unspecified atom stereocenters. The van der Waals surface area contributed by atoms with Crippen molar-refractivity contribution >= 4 is 21.9 Å². The molecule has 0 saturated heterocycles. The van der Waals surface area contributed by atoms with Gasteiger partial charge in [-0.25, -0.2) is 0 Å². The van der Waals surface area contributed by atoms with Gasteiger partial charge < -0.3 is 14.6 Å². The van der Waals surface area contributed by atoms with E-state index in [1.807, 2.05) is 6.92 Å². The van der Waals surface area contributed by atoms with Crippen LogP contribution in [0.3, 0.4) is 0 Å². The van der Waals surface area contributed by atoms with Crippen LogP contribution in [0.15, 0.2) is 10.5 Å². The molecule has 5 heteroatoms. The highest BCUT2D eigenvalue weighted by Gasteiger charge is 2.18. The van der Waals surface area contributed by atoms with Crippen LogP contribution in [0.4, 0.5) is 0 Å². The summed E-state index contributed by atoms with van der Waals surface area (Å²) in [5.74, 6) is 0.340. The van der Waals surface area contributed by atoms with Crippen LogP contribution in [-0.4, -0.2) is 25.3 Å². The number of ether oxygens (including phenoxy) is 2. The van der Waals surface area contributed by atoms with Crippen LogP contribution < -0.4 is 9.47 Å². The summed E-state index contributed by atoms with van der Waals surface area (Å²) in [7, 11) is 3.11. The van der Waals surface area contributed by atoms with E-state index in [0.29, 0.717) is 17.9 Å². The molecule has 17 heavy (non-hydrogen) atoms. The van der Waals surface area contributed by atoms with E-state index in [9.17, 15) is 4.79 Å². The van der Waals surface area contributed by atoms with Crippen molar-refractivity contribution in [3.8, 4) is 11.5 Å². The molecule has 0 radical (unpaired) electrons. The fourth-order valence-corrected chi connectivity index (χ4v) is 2.38. The maximum Gasteiger partial charge on any atom is 0.307 e. The van der Waals surface area contributed by atoms with Crippen LogP contribution in [0.5, 0.6) is 11.5 Å². The largest absolute Gasteiger partial charge is 0.493 e. The van der Waals surface area contributed by atoms with E-state index >= 15 is 0 Å². The van der Waals surface area contributed by atoms with Crippen LogP contribution in [0, 0.1) is 0 Å². The van der Waals surface area contributed by atoms with E-state index in [4.69, 9.17) is 14.6 Å². The Hall–Kier alpha value is -1.23. The molecule has 0 fully saturated rings. The molecule has 0 aromatic heterocycles. The molecule has 1 N–H and O–H groups in total. The van der Waals surface area contributed by atoms with Gasteiger partial charge in [0.1, 0.15) is 0 Å². The Kier molecular flexibility index (Phi) is 4.81. The van der Waals surface area contributed by atoms with Crippen molar-refractivity contribution in [1.82, 2.24) is 0 Å². The Morgan fingerprint density at radius 3 is 2.41 bits per heavy atom. The molecule has 0 aliphatic rings. The molecule has 1 rings (SSSR count). The SMILES string of the molecule is CCc1c(CC(=O)O)c(Br)cc(OC)c1OC. The number of halogens is 1. The first-order valence-corrected chi connectivity index (χ1v) is 5.98. The van der Waals surface area contributed by atoms with Gasteiger partial charge in [-0.3, -0.25) is 4.79 Å². The lowest BCUT2D eigenvalue weighted by Gasteiger charge is -2.16.